The van der Waals surface area contributed by atoms with Crippen LogP contribution in [0.3, 0.4) is 0 Å². The van der Waals surface area contributed by atoms with Crippen LogP contribution in [0.25, 0.3) is 0 Å². The molecular weight excluding hydrogens is 221 g/mol. The molecule has 1 saturated heterocycles. The van der Waals surface area contributed by atoms with Gasteiger partial charge in [-0.1, -0.05) is 0 Å². The summed E-state index contributed by atoms with van der Waals surface area (Å²) in [5, 5.41) is 3.25. The highest BCUT2D eigenvalue weighted by molar-refractivity contribution is 5.45. The van der Waals surface area contributed by atoms with Crippen molar-refractivity contribution in [3.05, 3.63) is 23.5 Å². The smallest absolute Gasteiger partial charge is 0.164 e. The summed E-state index contributed by atoms with van der Waals surface area (Å²) in [5.74, 6) is 1.30. The van der Waals surface area contributed by atoms with Crippen LogP contribution in [0.5, 0.6) is 11.5 Å². The molecule has 3 rings (SSSR count). The molecule has 1 unspecified atom stereocenters. The minimum Gasteiger partial charge on any atom is -0.490 e. The SMILES string of the molecule is Fc1cc2c(cc1C1CCNC1)OCCCO2. The summed E-state index contributed by atoms with van der Waals surface area (Å²) < 4.78 is 25.1. The summed E-state index contributed by atoms with van der Waals surface area (Å²) >= 11 is 0. The summed E-state index contributed by atoms with van der Waals surface area (Å²) in [6.45, 7) is 3.03. The third-order valence-corrected chi connectivity index (χ3v) is 3.37. The molecule has 0 aliphatic carbocycles. The molecule has 2 heterocycles. The molecule has 3 nitrogen and oxygen atoms in total. The fourth-order valence-corrected chi connectivity index (χ4v) is 2.43. The largest absolute Gasteiger partial charge is 0.490 e. The van der Waals surface area contributed by atoms with Crippen LogP contribution in [0.15, 0.2) is 12.1 Å². The maximum atomic E-state index is 14.0. The molecular formula is C13H16FNO2. The second-order valence-electron chi connectivity index (χ2n) is 4.56. The number of hydrogen-bond donors (Lipinski definition) is 1. The Labute approximate surface area is 99.9 Å². The molecule has 0 spiro atoms. The highest BCUT2D eigenvalue weighted by Crippen LogP contribution is 2.36. The van der Waals surface area contributed by atoms with Gasteiger partial charge in [0.05, 0.1) is 13.2 Å². The van der Waals surface area contributed by atoms with E-state index in [0.29, 0.717) is 24.7 Å². The molecule has 0 bridgehead atoms. The molecule has 17 heavy (non-hydrogen) atoms. The molecule has 0 aromatic heterocycles. The summed E-state index contributed by atoms with van der Waals surface area (Å²) in [7, 11) is 0. The molecule has 1 fully saturated rings. The van der Waals surface area contributed by atoms with Gasteiger partial charge >= 0.3 is 0 Å². The van der Waals surface area contributed by atoms with E-state index in [1.807, 2.05) is 6.07 Å². The van der Waals surface area contributed by atoms with Crippen LogP contribution in [0.2, 0.25) is 0 Å². The standard InChI is InChI=1S/C13H16FNO2/c14-11-7-13-12(16-4-1-5-17-13)6-10(11)9-2-3-15-8-9/h6-7,9,15H,1-5,8H2. The lowest BCUT2D eigenvalue weighted by Gasteiger charge is -2.14. The van der Waals surface area contributed by atoms with Gasteiger partial charge in [-0.3, -0.25) is 0 Å². The molecule has 0 saturated carbocycles. The van der Waals surface area contributed by atoms with E-state index < -0.39 is 0 Å². The monoisotopic (exact) mass is 237 g/mol. The van der Waals surface area contributed by atoms with Crippen molar-refractivity contribution in [1.29, 1.82) is 0 Å². The van der Waals surface area contributed by atoms with Crippen molar-refractivity contribution in [3.63, 3.8) is 0 Å². The lowest BCUT2D eigenvalue weighted by molar-refractivity contribution is 0.296. The van der Waals surface area contributed by atoms with E-state index in [-0.39, 0.29) is 11.7 Å². The van der Waals surface area contributed by atoms with Crippen LogP contribution in [0, 0.1) is 5.82 Å². The van der Waals surface area contributed by atoms with E-state index >= 15 is 0 Å². The zero-order chi connectivity index (χ0) is 11.7. The van der Waals surface area contributed by atoms with Crippen molar-refractivity contribution in [2.24, 2.45) is 0 Å². The molecule has 0 amide bonds. The highest BCUT2D eigenvalue weighted by atomic mass is 19.1. The number of rotatable bonds is 1. The zero-order valence-corrected chi connectivity index (χ0v) is 9.67. The normalized spacial score (nSPS) is 23.5. The van der Waals surface area contributed by atoms with Gasteiger partial charge < -0.3 is 14.8 Å². The van der Waals surface area contributed by atoms with Crippen LogP contribution < -0.4 is 14.8 Å². The molecule has 1 aromatic carbocycles. The summed E-state index contributed by atoms with van der Waals surface area (Å²) in [4.78, 5) is 0. The van der Waals surface area contributed by atoms with Gasteiger partial charge in [-0.25, -0.2) is 4.39 Å². The van der Waals surface area contributed by atoms with Crippen molar-refractivity contribution >= 4 is 0 Å². The van der Waals surface area contributed by atoms with Crippen molar-refractivity contribution in [2.75, 3.05) is 26.3 Å². The average molecular weight is 237 g/mol. The number of fused-ring (bicyclic) bond motifs is 1. The second kappa shape index (κ2) is 4.53. The Kier molecular flexibility index (Phi) is 2.89. The van der Waals surface area contributed by atoms with E-state index in [9.17, 15) is 4.39 Å². The van der Waals surface area contributed by atoms with Gasteiger partial charge in [0.2, 0.25) is 0 Å². The van der Waals surface area contributed by atoms with E-state index in [1.165, 1.54) is 6.07 Å². The quantitative estimate of drug-likeness (QED) is 0.811. The first kappa shape index (κ1) is 10.8. The Bertz CT molecular complexity index is 416. The maximum absolute atomic E-state index is 14.0. The van der Waals surface area contributed by atoms with Gasteiger partial charge in [0.1, 0.15) is 5.82 Å². The third kappa shape index (κ3) is 2.09. The first-order valence-electron chi connectivity index (χ1n) is 6.14. The summed E-state index contributed by atoms with van der Waals surface area (Å²) in [6.07, 6.45) is 1.83. The van der Waals surface area contributed by atoms with Gasteiger partial charge in [0, 0.05) is 24.9 Å². The van der Waals surface area contributed by atoms with Crippen molar-refractivity contribution in [3.8, 4) is 11.5 Å². The molecule has 1 N–H and O–H groups in total. The van der Waals surface area contributed by atoms with Gasteiger partial charge in [-0.2, -0.15) is 0 Å². The number of benzene rings is 1. The van der Waals surface area contributed by atoms with Crippen LogP contribution >= 0.6 is 0 Å². The topological polar surface area (TPSA) is 30.5 Å². The Morgan fingerprint density at radius 2 is 1.94 bits per heavy atom. The van der Waals surface area contributed by atoms with Crippen molar-refractivity contribution in [2.45, 2.75) is 18.8 Å². The summed E-state index contributed by atoms with van der Waals surface area (Å²) in [5.41, 5.74) is 0.749. The molecule has 1 aromatic rings. The Balaban J connectivity index is 1.96. The predicted molar refractivity (Wildman–Crippen MR) is 62.2 cm³/mol. The summed E-state index contributed by atoms with van der Waals surface area (Å²) in [6, 6.07) is 3.28. The predicted octanol–water partition coefficient (Wildman–Crippen LogP) is 2.06. The molecule has 4 heteroatoms. The highest BCUT2D eigenvalue weighted by Gasteiger charge is 2.23. The van der Waals surface area contributed by atoms with Gasteiger partial charge in [-0.15, -0.1) is 0 Å². The lowest BCUT2D eigenvalue weighted by Crippen LogP contribution is -2.09. The van der Waals surface area contributed by atoms with Crippen molar-refractivity contribution < 1.29 is 13.9 Å². The zero-order valence-electron chi connectivity index (χ0n) is 9.67. The van der Waals surface area contributed by atoms with E-state index in [1.54, 1.807) is 0 Å². The Morgan fingerprint density at radius 3 is 2.65 bits per heavy atom. The maximum Gasteiger partial charge on any atom is 0.164 e. The van der Waals surface area contributed by atoms with Gasteiger partial charge in [0.15, 0.2) is 11.5 Å². The van der Waals surface area contributed by atoms with Crippen LogP contribution in [0.1, 0.15) is 24.3 Å². The van der Waals surface area contributed by atoms with E-state index in [2.05, 4.69) is 5.32 Å². The number of hydrogen-bond acceptors (Lipinski definition) is 3. The minimum atomic E-state index is -0.178. The van der Waals surface area contributed by atoms with Gasteiger partial charge in [0.25, 0.3) is 0 Å². The number of ether oxygens (including phenoxy) is 2. The molecule has 2 aliphatic rings. The fraction of sp³-hybridized carbons (Fsp3) is 0.538. The number of halogens is 1. The van der Waals surface area contributed by atoms with E-state index in [0.717, 1.165) is 31.5 Å². The first-order chi connectivity index (χ1) is 8.34. The molecule has 2 aliphatic heterocycles. The second-order valence-corrected chi connectivity index (χ2v) is 4.56. The fourth-order valence-electron chi connectivity index (χ4n) is 2.43. The van der Waals surface area contributed by atoms with E-state index in [4.69, 9.17) is 9.47 Å². The minimum absolute atomic E-state index is 0.178. The van der Waals surface area contributed by atoms with Crippen LogP contribution in [-0.4, -0.2) is 26.3 Å². The molecule has 0 radical (unpaired) electrons. The Morgan fingerprint density at radius 1 is 1.18 bits per heavy atom. The average Bonchev–Trinajstić information content (AvgIpc) is 2.75. The molecule has 92 valence electrons. The first-order valence-corrected chi connectivity index (χ1v) is 6.14. The van der Waals surface area contributed by atoms with Crippen molar-refractivity contribution in [1.82, 2.24) is 5.32 Å². The lowest BCUT2D eigenvalue weighted by atomic mass is 9.97. The third-order valence-electron chi connectivity index (χ3n) is 3.37. The Hall–Kier alpha value is -1.29. The molecule has 1 atom stereocenters. The van der Waals surface area contributed by atoms with Crippen LogP contribution in [0.4, 0.5) is 4.39 Å². The van der Waals surface area contributed by atoms with Gasteiger partial charge in [-0.05, 0) is 24.6 Å². The van der Waals surface area contributed by atoms with Crippen LogP contribution in [-0.2, 0) is 0 Å². The number of nitrogens with one attached hydrogen (secondary N) is 1.